The minimum absolute atomic E-state index is 0.121. The molecule has 1 unspecified atom stereocenters. The lowest BCUT2D eigenvalue weighted by Crippen LogP contribution is -2.46. The zero-order valence-electron chi connectivity index (χ0n) is 23.6. The number of halogens is 1. The smallest absolute Gasteiger partial charge is 0.340 e. The Morgan fingerprint density at radius 1 is 1.14 bits per heavy atom. The monoisotopic (exact) mass is 614 g/mol. The molecule has 2 amide bonds. The summed E-state index contributed by atoms with van der Waals surface area (Å²) in [5.74, 6) is -0.283. The van der Waals surface area contributed by atoms with Crippen molar-refractivity contribution in [3.05, 3.63) is 74.6 Å². The quantitative estimate of drug-likeness (QED) is 0.249. The number of benzene rings is 2. The molecule has 1 saturated carbocycles. The highest BCUT2D eigenvalue weighted by molar-refractivity contribution is 7.98. The van der Waals surface area contributed by atoms with Crippen molar-refractivity contribution in [2.45, 2.75) is 50.8 Å². The van der Waals surface area contributed by atoms with Gasteiger partial charge in [-0.2, -0.15) is 11.8 Å². The number of thioether (sulfide) groups is 1. The zero-order chi connectivity index (χ0) is 30.2. The van der Waals surface area contributed by atoms with Crippen molar-refractivity contribution >= 4 is 52.1 Å². The van der Waals surface area contributed by atoms with Crippen LogP contribution in [0.2, 0.25) is 5.02 Å². The first-order chi connectivity index (χ1) is 20.2. The Kier molecular flexibility index (Phi) is 10.9. The topological polar surface area (TPSA) is 135 Å². The lowest BCUT2D eigenvalue weighted by atomic mass is 9.81. The number of carbonyl (C=O) groups is 3. The van der Waals surface area contributed by atoms with Crippen molar-refractivity contribution in [3.63, 3.8) is 0 Å². The average Bonchev–Trinajstić information content (AvgIpc) is 2.98. The summed E-state index contributed by atoms with van der Waals surface area (Å²) in [6, 6.07) is 12.0. The maximum Gasteiger partial charge on any atom is 0.340 e. The largest absolute Gasteiger partial charge is 0.495 e. The first-order valence-electron chi connectivity index (χ1n) is 13.9. The van der Waals surface area contributed by atoms with Crippen LogP contribution in [-0.4, -0.2) is 48.3 Å². The highest BCUT2D eigenvalue weighted by Crippen LogP contribution is 2.32. The summed E-state index contributed by atoms with van der Waals surface area (Å²) in [7, 11) is 1.47. The Morgan fingerprint density at radius 2 is 1.86 bits per heavy atom. The van der Waals surface area contributed by atoms with Crippen LogP contribution in [0.1, 0.15) is 42.4 Å². The second kappa shape index (κ2) is 14.6. The molecule has 0 bridgehead atoms. The molecule has 1 aliphatic rings. The maximum absolute atomic E-state index is 12.8. The number of carbonyl (C=O) groups excluding carboxylic acids is 2. The van der Waals surface area contributed by atoms with Gasteiger partial charge in [0.1, 0.15) is 17.4 Å². The predicted molar refractivity (Wildman–Crippen MR) is 163 cm³/mol. The van der Waals surface area contributed by atoms with E-state index in [1.54, 1.807) is 19.1 Å². The van der Waals surface area contributed by atoms with Crippen molar-refractivity contribution in [1.82, 2.24) is 10.6 Å². The molecule has 1 aromatic heterocycles. The number of carboxylic acids is 1. The summed E-state index contributed by atoms with van der Waals surface area (Å²) in [5.41, 5.74) is 1.76. The van der Waals surface area contributed by atoms with Crippen molar-refractivity contribution in [3.8, 4) is 5.75 Å². The lowest BCUT2D eigenvalue weighted by molar-refractivity contribution is -0.142. The van der Waals surface area contributed by atoms with Gasteiger partial charge in [-0.1, -0.05) is 41.9 Å². The van der Waals surface area contributed by atoms with Gasteiger partial charge in [0.25, 0.3) is 0 Å². The van der Waals surface area contributed by atoms with Crippen molar-refractivity contribution in [1.29, 1.82) is 0 Å². The Balaban J connectivity index is 1.23. The van der Waals surface area contributed by atoms with Gasteiger partial charge in [0.15, 0.2) is 0 Å². The molecule has 9 nitrogen and oxygen atoms in total. The van der Waals surface area contributed by atoms with Crippen molar-refractivity contribution < 1.29 is 28.6 Å². The molecule has 0 radical (unpaired) electrons. The maximum atomic E-state index is 12.8. The van der Waals surface area contributed by atoms with E-state index in [4.69, 9.17) is 20.8 Å². The second-order valence-corrected chi connectivity index (χ2v) is 12.0. The SMILES string of the molecule is COc1cc2oc(=O)c(CC(=O)NCC3CCC(C(=O)NC(CSCc4ccccc4)C(=O)O)CC3)c(C)c2cc1Cl. The van der Waals surface area contributed by atoms with Crippen LogP contribution in [0.4, 0.5) is 0 Å². The number of amides is 2. The summed E-state index contributed by atoms with van der Waals surface area (Å²) >= 11 is 7.72. The van der Waals surface area contributed by atoms with Gasteiger partial charge in [0.05, 0.1) is 24.1 Å². The highest BCUT2D eigenvalue weighted by Gasteiger charge is 2.29. The fraction of sp³-hybridized carbons (Fsp3) is 0.419. The van der Waals surface area contributed by atoms with E-state index >= 15 is 0 Å². The summed E-state index contributed by atoms with van der Waals surface area (Å²) in [6.45, 7) is 2.19. The van der Waals surface area contributed by atoms with E-state index < -0.39 is 17.6 Å². The van der Waals surface area contributed by atoms with Gasteiger partial charge in [0.2, 0.25) is 11.8 Å². The van der Waals surface area contributed by atoms with Crippen LogP contribution in [0.5, 0.6) is 5.75 Å². The van der Waals surface area contributed by atoms with Crippen LogP contribution >= 0.6 is 23.4 Å². The summed E-state index contributed by atoms with van der Waals surface area (Å²) in [6.07, 6.45) is 2.58. The first-order valence-corrected chi connectivity index (χ1v) is 15.4. The van der Waals surface area contributed by atoms with Crippen LogP contribution < -0.4 is 21.0 Å². The molecule has 1 aliphatic carbocycles. The van der Waals surface area contributed by atoms with E-state index in [0.717, 1.165) is 18.4 Å². The molecule has 1 heterocycles. The molecule has 1 fully saturated rings. The molecule has 3 N–H and O–H groups in total. The molecule has 1 atom stereocenters. The molecule has 224 valence electrons. The highest BCUT2D eigenvalue weighted by atomic mass is 35.5. The van der Waals surface area contributed by atoms with E-state index in [2.05, 4.69) is 10.6 Å². The summed E-state index contributed by atoms with van der Waals surface area (Å²) < 4.78 is 10.6. The third kappa shape index (κ3) is 8.07. The van der Waals surface area contributed by atoms with Crippen LogP contribution in [0, 0.1) is 18.8 Å². The zero-order valence-corrected chi connectivity index (χ0v) is 25.2. The Bertz CT molecular complexity index is 1490. The number of methoxy groups -OCH3 is 1. The number of nitrogens with one attached hydrogen (secondary N) is 2. The summed E-state index contributed by atoms with van der Waals surface area (Å²) in [5, 5.41) is 16.2. The van der Waals surface area contributed by atoms with E-state index in [-0.39, 0.29) is 41.4 Å². The number of rotatable bonds is 12. The Hall–Kier alpha value is -3.50. The van der Waals surface area contributed by atoms with Crippen molar-refractivity contribution in [2.75, 3.05) is 19.4 Å². The van der Waals surface area contributed by atoms with Gasteiger partial charge in [-0.05, 0) is 55.7 Å². The predicted octanol–water partition coefficient (Wildman–Crippen LogP) is 4.73. The first kappa shape index (κ1) is 31.4. The van der Waals surface area contributed by atoms with Crippen LogP contribution in [0.15, 0.2) is 51.7 Å². The molecular formula is C31H35ClN2O7S. The van der Waals surface area contributed by atoms with Crippen LogP contribution in [0.25, 0.3) is 11.0 Å². The Labute approximate surface area is 253 Å². The molecular weight excluding hydrogens is 580 g/mol. The third-order valence-corrected chi connectivity index (χ3v) is 9.12. The van der Waals surface area contributed by atoms with E-state index in [0.29, 0.717) is 52.4 Å². The number of aliphatic carboxylic acids is 1. The molecule has 3 aromatic rings. The number of fused-ring (bicyclic) bond motifs is 1. The number of aryl methyl sites for hydroxylation is 1. The fourth-order valence-corrected chi connectivity index (χ4v) is 6.44. The molecule has 0 spiro atoms. The van der Waals surface area contributed by atoms with E-state index in [9.17, 15) is 24.3 Å². The number of hydrogen-bond donors (Lipinski definition) is 3. The van der Waals surface area contributed by atoms with Crippen LogP contribution in [0.3, 0.4) is 0 Å². The van der Waals surface area contributed by atoms with Gasteiger partial charge in [0, 0.05) is 35.4 Å². The normalized spacial score (nSPS) is 17.4. The number of carboxylic acid groups (broad SMARTS) is 1. The van der Waals surface area contributed by atoms with Gasteiger partial charge in [-0.25, -0.2) is 9.59 Å². The average molecular weight is 615 g/mol. The van der Waals surface area contributed by atoms with Gasteiger partial charge in [-0.3, -0.25) is 9.59 Å². The number of ether oxygens (including phenoxy) is 1. The molecule has 2 aromatic carbocycles. The summed E-state index contributed by atoms with van der Waals surface area (Å²) in [4.78, 5) is 49.9. The molecule has 0 saturated heterocycles. The van der Waals surface area contributed by atoms with Gasteiger partial charge in [-0.15, -0.1) is 0 Å². The fourth-order valence-electron chi connectivity index (χ4n) is 5.19. The third-order valence-electron chi connectivity index (χ3n) is 7.71. The molecule has 42 heavy (non-hydrogen) atoms. The van der Waals surface area contributed by atoms with Gasteiger partial charge < -0.3 is 24.9 Å². The minimum atomic E-state index is -1.04. The Morgan fingerprint density at radius 3 is 2.52 bits per heavy atom. The minimum Gasteiger partial charge on any atom is -0.495 e. The molecule has 11 heteroatoms. The number of hydrogen-bond acceptors (Lipinski definition) is 7. The van der Waals surface area contributed by atoms with Gasteiger partial charge >= 0.3 is 11.6 Å². The molecule has 0 aliphatic heterocycles. The van der Waals surface area contributed by atoms with Crippen molar-refractivity contribution in [2.24, 2.45) is 11.8 Å². The lowest BCUT2D eigenvalue weighted by Gasteiger charge is -2.28. The van der Waals surface area contributed by atoms with Crippen LogP contribution in [-0.2, 0) is 26.6 Å². The standard InChI is InChI=1S/C31H35ClN2O7S/c1-18-22-12-24(32)27(40-2)14-26(22)41-31(39)23(18)13-28(35)33-15-19-8-10-21(11-9-19)29(36)34-25(30(37)38)17-42-16-20-6-4-3-5-7-20/h3-7,12,14,19,21,25H,8-11,13,15-17H2,1-2H3,(H,33,35)(H,34,36)(H,37,38). The second-order valence-electron chi connectivity index (χ2n) is 10.6. The van der Waals surface area contributed by atoms with E-state index in [1.807, 2.05) is 30.3 Å². The van der Waals surface area contributed by atoms with E-state index in [1.165, 1.54) is 18.9 Å². The molecule has 4 rings (SSSR count).